The van der Waals surface area contributed by atoms with Crippen molar-refractivity contribution in [1.29, 1.82) is 0 Å². The van der Waals surface area contributed by atoms with Crippen LogP contribution < -0.4 is 10.1 Å². The van der Waals surface area contributed by atoms with Crippen LogP contribution in [0.2, 0.25) is 0 Å². The van der Waals surface area contributed by atoms with Gasteiger partial charge >= 0.3 is 0 Å². The second kappa shape index (κ2) is 9.65. The lowest BCUT2D eigenvalue weighted by atomic mass is 9.93. The molecular formula is C24H35N3O3. The maximum atomic E-state index is 12.9. The average molecular weight is 414 g/mol. The summed E-state index contributed by atoms with van der Waals surface area (Å²) in [5.41, 5.74) is 1.81. The van der Waals surface area contributed by atoms with Crippen LogP contribution in [-0.4, -0.2) is 41.7 Å². The van der Waals surface area contributed by atoms with Crippen molar-refractivity contribution in [3.05, 3.63) is 36.0 Å². The van der Waals surface area contributed by atoms with Crippen molar-refractivity contribution in [2.45, 2.75) is 65.6 Å². The molecule has 3 rings (SSSR count). The molecule has 1 saturated heterocycles. The van der Waals surface area contributed by atoms with Gasteiger partial charge in [-0.15, -0.1) is 0 Å². The highest BCUT2D eigenvalue weighted by molar-refractivity contribution is 5.83. The van der Waals surface area contributed by atoms with Crippen molar-refractivity contribution in [3.8, 4) is 17.1 Å². The molecule has 0 aliphatic carbocycles. The first-order chi connectivity index (χ1) is 14.3. The predicted molar refractivity (Wildman–Crippen MR) is 118 cm³/mol. The van der Waals surface area contributed by atoms with Crippen LogP contribution in [0.4, 0.5) is 0 Å². The SMILES string of the molecule is COc1ccc(-c2cc(C(C)N3C[C@H](CC(C)C)NC(=O)[C@@H]3CC(C)C)no2)cc1. The molecule has 1 N–H and O–H groups in total. The first kappa shape index (κ1) is 22.3. The molecule has 0 bridgehead atoms. The van der Waals surface area contributed by atoms with E-state index in [1.165, 1.54) is 0 Å². The Kier molecular flexibility index (Phi) is 7.19. The molecule has 2 aromatic rings. The van der Waals surface area contributed by atoms with Crippen molar-refractivity contribution in [1.82, 2.24) is 15.4 Å². The zero-order valence-corrected chi connectivity index (χ0v) is 19.0. The quantitative estimate of drug-likeness (QED) is 0.681. The number of amides is 1. The number of benzene rings is 1. The van der Waals surface area contributed by atoms with Crippen molar-refractivity contribution >= 4 is 5.91 Å². The molecule has 6 heteroatoms. The van der Waals surface area contributed by atoms with Gasteiger partial charge in [0.1, 0.15) is 11.4 Å². The molecule has 2 heterocycles. The number of ether oxygens (including phenoxy) is 1. The van der Waals surface area contributed by atoms with Gasteiger partial charge in [-0.1, -0.05) is 32.9 Å². The van der Waals surface area contributed by atoms with Gasteiger partial charge in [-0.25, -0.2) is 0 Å². The molecule has 1 unspecified atom stereocenters. The topological polar surface area (TPSA) is 67.6 Å². The Morgan fingerprint density at radius 3 is 2.40 bits per heavy atom. The number of rotatable bonds is 8. The normalized spacial score (nSPS) is 21.1. The highest BCUT2D eigenvalue weighted by atomic mass is 16.5. The Bertz CT molecular complexity index is 828. The molecule has 164 valence electrons. The minimum Gasteiger partial charge on any atom is -0.497 e. The summed E-state index contributed by atoms with van der Waals surface area (Å²) in [5, 5.41) is 7.60. The molecule has 1 aromatic heterocycles. The Morgan fingerprint density at radius 1 is 1.13 bits per heavy atom. The molecule has 1 aliphatic rings. The minimum atomic E-state index is -0.149. The van der Waals surface area contributed by atoms with E-state index in [1.807, 2.05) is 30.3 Å². The summed E-state index contributed by atoms with van der Waals surface area (Å²) in [5.74, 6) is 2.62. The first-order valence-corrected chi connectivity index (χ1v) is 11.0. The molecule has 0 saturated carbocycles. The zero-order chi connectivity index (χ0) is 21.8. The summed E-state index contributed by atoms with van der Waals surface area (Å²) < 4.78 is 10.9. The number of nitrogens with zero attached hydrogens (tertiary/aromatic N) is 2. The Balaban J connectivity index is 1.82. The van der Waals surface area contributed by atoms with E-state index in [9.17, 15) is 4.79 Å². The number of methoxy groups -OCH3 is 1. The third kappa shape index (κ3) is 5.22. The molecule has 3 atom stereocenters. The van der Waals surface area contributed by atoms with Crippen molar-refractivity contribution in [2.75, 3.05) is 13.7 Å². The number of hydrogen-bond acceptors (Lipinski definition) is 5. The van der Waals surface area contributed by atoms with Gasteiger partial charge in [0.05, 0.1) is 19.2 Å². The summed E-state index contributed by atoms with van der Waals surface area (Å²) in [6.45, 7) is 11.7. The lowest BCUT2D eigenvalue weighted by Crippen LogP contribution is -2.60. The molecule has 6 nitrogen and oxygen atoms in total. The van der Waals surface area contributed by atoms with Crippen molar-refractivity contribution in [3.63, 3.8) is 0 Å². The summed E-state index contributed by atoms with van der Waals surface area (Å²) in [6.07, 6.45) is 1.80. The van der Waals surface area contributed by atoms with Gasteiger partial charge in [0.25, 0.3) is 0 Å². The number of carbonyl (C=O) groups excluding carboxylic acids is 1. The highest BCUT2D eigenvalue weighted by Gasteiger charge is 2.38. The first-order valence-electron chi connectivity index (χ1n) is 11.0. The second-order valence-corrected chi connectivity index (χ2v) is 9.20. The van der Waals surface area contributed by atoms with E-state index < -0.39 is 0 Å². The lowest BCUT2D eigenvalue weighted by Gasteiger charge is -2.43. The van der Waals surface area contributed by atoms with Gasteiger partial charge in [0.2, 0.25) is 5.91 Å². The Morgan fingerprint density at radius 2 is 1.80 bits per heavy atom. The summed E-state index contributed by atoms with van der Waals surface area (Å²) >= 11 is 0. The molecule has 1 amide bonds. The fraction of sp³-hybridized carbons (Fsp3) is 0.583. The van der Waals surface area contributed by atoms with E-state index >= 15 is 0 Å². The number of carbonyl (C=O) groups is 1. The number of nitrogens with one attached hydrogen (secondary N) is 1. The molecule has 1 fully saturated rings. The highest BCUT2D eigenvalue weighted by Crippen LogP contribution is 2.31. The molecule has 1 aromatic carbocycles. The third-order valence-corrected chi connectivity index (χ3v) is 5.76. The van der Waals surface area contributed by atoms with Crippen LogP contribution in [-0.2, 0) is 4.79 Å². The van der Waals surface area contributed by atoms with Crippen LogP contribution in [0.15, 0.2) is 34.9 Å². The predicted octanol–water partition coefficient (Wildman–Crippen LogP) is 4.67. The fourth-order valence-corrected chi connectivity index (χ4v) is 4.24. The van der Waals surface area contributed by atoms with Gasteiger partial charge < -0.3 is 14.6 Å². The monoisotopic (exact) mass is 413 g/mol. The standard InChI is InChI=1S/C24H35N3O3/c1-15(2)11-19-14-27(22(12-16(3)4)24(28)25-19)17(5)21-13-23(30-26-21)18-7-9-20(29-6)10-8-18/h7-10,13,15-17,19,22H,11-12,14H2,1-6H3,(H,25,28)/t17?,19-,22-/m0/s1. The minimum absolute atomic E-state index is 0.00906. The summed E-state index contributed by atoms with van der Waals surface area (Å²) in [7, 11) is 1.65. The van der Waals surface area contributed by atoms with E-state index in [0.29, 0.717) is 11.8 Å². The Hall–Kier alpha value is -2.34. The van der Waals surface area contributed by atoms with Gasteiger partial charge in [0.15, 0.2) is 5.76 Å². The lowest BCUT2D eigenvalue weighted by molar-refractivity contribution is -0.133. The number of hydrogen-bond donors (Lipinski definition) is 1. The van der Waals surface area contributed by atoms with E-state index in [0.717, 1.165) is 42.2 Å². The van der Waals surface area contributed by atoms with E-state index in [-0.39, 0.29) is 24.0 Å². The molecule has 0 spiro atoms. The Labute approximate surface area is 180 Å². The van der Waals surface area contributed by atoms with Gasteiger partial charge in [-0.05, 0) is 55.9 Å². The fourth-order valence-electron chi connectivity index (χ4n) is 4.24. The molecule has 30 heavy (non-hydrogen) atoms. The molecule has 0 radical (unpaired) electrons. The summed E-state index contributed by atoms with van der Waals surface area (Å²) in [4.78, 5) is 15.3. The maximum absolute atomic E-state index is 12.9. The largest absolute Gasteiger partial charge is 0.497 e. The summed E-state index contributed by atoms with van der Waals surface area (Å²) in [6, 6.07) is 9.73. The van der Waals surface area contributed by atoms with Crippen LogP contribution in [0.5, 0.6) is 5.75 Å². The van der Waals surface area contributed by atoms with Crippen LogP contribution in [0.25, 0.3) is 11.3 Å². The van der Waals surface area contributed by atoms with Crippen molar-refractivity contribution in [2.24, 2.45) is 11.8 Å². The van der Waals surface area contributed by atoms with E-state index in [4.69, 9.17) is 9.26 Å². The zero-order valence-electron chi connectivity index (χ0n) is 19.0. The van der Waals surface area contributed by atoms with E-state index in [2.05, 4.69) is 50.0 Å². The van der Waals surface area contributed by atoms with Crippen LogP contribution in [0.3, 0.4) is 0 Å². The van der Waals surface area contributed by atoms with Gasteiger partial charge in [-0.3, -0.25) is 9.69 Å². The van der Waals surface area contributed by atoms with Crippen LogP contribution >= 0.6 is 0 Å². The second-order valence-electron chi connectivity index (χ2n) is 9.20. The molecule has 1 aliphatic heterocycles. The maximum Gasteiger partial charge on any atom is 0.237 e. The average Bonchev–Trinajstić information content (AvgIpc) is 3.19. The number of piperazine rings is 1. The van der Waals surface area contributed by atoms with Gasteiger partial charge in [0, 0.05) is 24.2 Å². The third-order valence-electron chi connectivity index (χ3n) is 5.76. The van der Waals surface area contributed by atoms with Gasteiger partial charge in [-0.2, -0.15) is 0 Å². The van der Waals surface area contributed by atoms with Crippen LogP contribution in [0.1, 0.15) is 59.2 Å². The smallest absolute Gasteiger partial charge is 0.237 e. The van der Waals surface area contributed by atoms with E-state index in [1.54, 1.807) is 7.11 Å². The molecular weight excluding hydrogens is 378 g/mol. The van der Waals surface area contributed by atoms with Crippen LogP contribution in [0, 0.1) is 11.8 Å². The number of aromatic nitrogens is 1. The van der Waals surface area contributed by atoms with Crippen molar-refractivity contribution < 1.29 is 14.1 Å².